The molecule has 0 aliphatic heterocycles. The van der Waals surface area contributed by atoms with Crippen molar-refractivity contribution in [2.45, 2.75) is 25.9 Å². The number of aliphatic hydroxyl groups is 1. The number of ether oxygens (including phenoxy) is 1. The van der Waals surface area contributed by atoms with E-state index in [4.69, 9.17) is 27.9 Å². The van der Waals surface area contributed by atoms with Gasteiger partial charge in [-0.15, -0.1) is 0 Å². The van der Waals surface area contributed by atoms with Crippen LogP contribution >= 0.6 is 23.2 Å². The second kappa shape index (κ2) is 7.64. The largest absolute Gasteiger partial charge is 0.492 e. The maximum Gasteiger partial charge on any atom is 0.137 e. The summed E-state index contributed by atoms with van der Waals surface area (Å²) in [6.45, 7) is 2.67. The highest BCUT2D eigenvalue weighted by molar-refractivity contribution is 6.35. The van der Waals surface area contributed by atoms with Gasteiger partial charge in [0.1, 0.15) is 5.75 Å². The molecule has 1 N–H and O–H groups in total. The van der Waals surface area contributed by atoms with Gasteiger partial charge < -0.3 is 9.84 Å². The molecule has 2 aromatic rings. The van der Waals surface area contributed by atoms with E-state index < -0.39 is 6.10 Å². The molecule has 0 aliphatic carbocycles. The molecule has 0 spiro atoms. The summed E-state index contributed by atoms with van der Waals surface area (Å²) >= 11 is 12.0. The molecular formula is C16H17Cl2NO2. The molecule has 2 rings (SSSR count). The van der Waals surface area contributed by atoms with Gasteiger partial charge in [0.2, 0.25) is 0 Å². The van der Waals surface area contributed by atoms with Crippen molar-refractivity contribution in [1.82, 2.24) is 4.98 Å². The minimum atomic E-state index is -0.693. The molecule has 0 saturated carbocycles. The Balaban J connectivity index is 2.10. The molecule has 1 atom stereocenters. The first kappa shape index (κ1) is 16.1. The lowest BCUT2D eigenvalue weighted by atomic mass is 10.0. The molecule has 1 aromatic heterocycles. The van der Waals surface area contributed by atoms with Crippen molar-refractivity contribution in [1.29, 1.82) is 0 Å². The normalized spacial score (nSPS) is 12.2. The fourth-order valence-electron chi connectivity index (χ4n) is 1.93. The van der Waals surface area contributed by atoms with Gasteiger partial charge in [0, 0.05) is 28.2 Å². The number of nitrogens with zero attached hydrogens (tertiary/aromatic N) is 1. The van der Waals surface area contributed by atoms with E-state index >= 15 is 0 Å². The molecule has 0 fully saturated rings. The molecular weight excluding hydrogens is 309 g/mol. The summed E-state index contributed by atoms with van der Waals surface area (Å²) in [5.74, 6) is 0.663. The van der Waals surface area contributed by atoms with Gasteiger partial charge in [-0.3, -0.25) is 4.98 Å². The number of pyridine rings is 1. The summed E-state index contributed by atoms with van der Waals surface area (Å²) in [6, 6.07) is 7.05. The van der Waals surface area contributed by atoms with Crippen LogP contribution < -0.4 is 4.74 Å². The second-order valence-electron chi connectivity index (χ2n) is 4.76. The summed E-state index contributed by atoms with van der Waals surface area (Å²) < 4.78 is 5.52. The highest BCUT2D eigenvalue weighted by atomic mass is 35.5. The summed E-state index contributed by atoms with van der Waals surface area (Å²) in [5, 5.41) is 11.5. The average Bonchev–Trinajstić information content (AvgIpc) is 2.48. The van der Waals surface area contributed by atoms with Crippen LogP contribution in [0.5, 0.6) is 5.75 Å². The summed E-state index contributed by atoms with van der Waals surface area (Å²) in [6.07, 6.45) is 3.90. The van der Waals surface area contributed by atoms with E-state index in [-0.39, 0.29) is 0 Å². The maximum atomic E-state index is 10.3. The number of aromatic nitrogens is 1. The van der Waals surface area contributed by atoms with E-state index in [9.17, 15) is 5.11 Å². The molecule has 0 saturated heterocycles. The van der Waals surface area contributed by atoms with Crippen molar-refractivity contribution in [2.24, 2.45) is 0 Å². The van der Waals surface area contributed by atoms with Crippen molar-refractivity contribution in [3.8, 4) is 5.75 Å². The first-order chi connectivity index (χ1) is 10.1. The number of rotatable bonds is 6. The Bertz CT molecular complexity index is 605. The van der Waals surface area contributed by atoms with E-state index in [2.05, 4.69) is 4.98 Å². The van der Waals surface area contributed by atoms with Crippen molar-refractivity contribution >= 4 is 23.2 Å². The Hall–Kier alpha value is -1.29. The van der Waals surface area contributed by atoms with Crippen LogP contribution in [0.2, 0.25) is 10.0 Å². The summed E-state index contributed by atoms with van der Waals surface area (Å²) in [4.78, 5) is 4.10. The van der Waals surface area contributed by atoms with Crippen LogP contribution in [0.1, 0.15) is 30.6 Å². The topological polar surface area (TPSA) is 42.4 Å². The van der Waals surface area contributed by atoms with Crippen LogP contribution in [0.15, 0.2) is 36.7 Å². The predicted octanol–water partition coefficient (Wildman–Crippen LogP) is 4.45. The zero-order valence-electron chi connectivity index (χ0n) is 11.7. The predicted molar refractivity (Wildman–Crippen MR) is 85.1 cm³/mol. The molecule has 0 radical (unpaired) electrons. The second-order valence-corrected chi connectivity index (χ2v) is 5.60. The minimum absolute atomic E-state index is 0.398. The highest BCUT2D eigenvalue weighted by Crippen LogP contribution is 2.27. The van der Waals surface area contributed by atoms with Gasteiger partial charge in [-0.25, -0.2) is 0 Å². The Morgan fingerprint density at radius 3 is 2.76 bits per heavy atom. The number of halogens is 2. The number of hydrogen-bond acceptors (Lipinski definition) is 3. The van der Waals surface area contributed by atoms with Gasteiger partial charge in [0.25, 0.3) is 0 Å². The fourth-order valence-corrected chi connectivity index (χ4v) is 2.42. The summed E-state index contributed by atoms with van der Waals surface area (Å²) in [5.41, 5.74) is 1.54. The molecule has 3 nitrogen and oxygen atoms in total. The van der Waals surface area contributed by atoms with E-state index in [0.717, 1.165) is 12.0 Å². The van der Waals surface area contributed by atoms with Crippen molar-refractivity contribution in [3.63, 3.8) is 0 Å². The quantitative estimate of drug-likeness (QED) is 0.852. The van der Waals surface area contributed by atoms with Crippen LogP contribution in [-0.2, 0) is 6.42 Å². The van der Waals surface area contributed by atoms with Gasteiger partial charge in [0.05, 0.1) is 18.9 Å². The first-order valence-electron chi connectivity index (χ1n) is 6.80. The monoisotopic (exact) mass is 325 g/mol. The number of benzene rings is 1. The molecule has 112 valence electrons. The molecule has 5 heteroatoms. The van der Waals surface area contributed by atoms with Crippen molar-refractivity contribution in [3.05, 3.63) is 57.8 Å². The zero-order chi connectivity index (χ0) is 15.2. The smallest absolute Gasteiger partial charge is 0.137 e. The van der Waals surface area contributed by atoms with Gasteiger partial charge in [-0.1, -0.05) is 36.2 Å². The lowest BCUT2D eigenvalue weighted by Gasteiger charge is -2.13. The Morgan fingerprint density at radius 2 is 2.05 bits per heavy atom. The molecule has 21 heavy (non-hydrogen) atoms. The Morgan fingerprint density at radius 1 is 1.24 bits per heavy atom. The molecule has 0 aliphatic rings. The molecule has 0 amide bonds. The van der Waals surface area contributed by atoms with E-state index in [1.54, 1.807) is 30.6 Å². The van der Waals surface area contributed by atoms with Gasteiger partial charge in [0.15, 0.2) is 0 Å². The number of hydrogen-bond donors (Lipinski definition) is 1. The minimum Gasteiger partial charge on any atom is -0.492 e. The van der Waals surface area contributed by atoms with Crippen molar-refractivity contribution in [2.75, 3.05) is 6.61 Å². The Kier molecular flexibility index (Phi) is 5.85. The standard InChI is InChI=1S/C16H17Cl2NO2/c1-2-5-21-14-6-12(9-19-10-14)16(20)7-11-3-4-13(17)8-15(11)18/h3-4,6,8-10,16,20H,2,5,7H2,1H3. The molecule has 1 unspecified atom stereocenters. The van der Waals surface area contributed by atoms with Crippen molar-refractivity contribution < 1.29 is 9.84 Å². The lowest BCUT2D eigenvalue weighted by molar-refractivity contribution is 0.177. The summed E-state index contributed by atoms with van der Waals surface area (Å²) in [7, 11) is 0. The van der Waals surface area contributed by atoms with Crippen LogP contribution in [-0.4, -0.2) is 16.7 Å². The molecule has 1 aromatic carbocycles. The van der Waals surface area contributed by atoms with Crippen LogP contribution in [0.3, 0.4) is 0 Å². The zero-order valence-corrected chi connectivity index (χ0v) is 13.2. The van der Waals surface area contributed by atoms with E-state index in [1.165, 1.54) is 0 Å². The molecule has 0 bridgehead atoms. The van der Waals surface area contributed by atoms with Gasteiger partial charge in [-0.05, 0) is 30.2 Å². The SMILES string of the molecule is CCCOc1cncc(C(O)Cc2ccc(Cl)cc2Cl)c1. The third kappa shape index (κ3) is 4.60. The van der Waals surface area contributed by atoms with Gasteiger partial charge in [-0.2, -0.15) is 0 Å². The highest BCUT2D eigenvalue weighted by Gasteiger charge is 2.12. The lowest BCUT2D eigenvalue weighted by Crippen LogP contribution is -2.04. The molecule has 1 heterocycles. The van der Waals surface area contributed by atoms with Gasteiger partial charge >= 0.3 is 0 Å². The fraction of sp³-hybridized carbons (Fsp3) is 0.312. The van der Waals surface area contributed by atoms with Crippen LogP contribution in [0.25, 0.3) is 0 Å². The first-order valence-corrected chi connectivity index (χ1v) is 7.55. The maximum absolute atomic E-state index is 10.3. The van der Waals surface area contributed by atoms with E-state index in [0.29, 0.717) is 34.4 Å². The van der Waals surface area contributed by atoms with Crippen LogP contribution in [0.4, 0.5) is 0 Å². The third-order valence-corrected chi connectivity index (χ3v) is 3.61. The Labute approximate surface area is 134 Å². The third-order valence-electron chi connectivity index (χ3n) is 3.02. The van der Waals surface area contributed by atoms with E-state index in [1.807, 2.05) is 13.0 Å². The van der Waals surface area contributed by atoms with Crippen LogP contribution in [0, 0.1) is 0 Å². The number of aliphatic hydroxyl groups excluding tert-OH is 1. The average molecular weight is 326 g/mol.